The van der Waals surface area contributed by atoms with Crippen LogP contribution in [0.5, 0.6) is 0 Å². The second-order valence-electron chi connectivity index (χ2n) is 5.17. The lowest BCUT2D eigenvalue weighted by Crippen LogP contribution is -2.34. The fourth-order valence-electron chi connectivity index (χ4n) is 2.31. The molecule has 2 rings (SSSR count). The van der Waals surface area contributed by atoms with Crippen LogP contribution in [0.3, 0.4) is 0 Å². The number of amides is 1. The van der Waals surface area contributed by atoms with Crippen LogP contribution in [0.2, 0.25) is 0 Å². The Labute approximate surface area is 149 Å². The predicted molar refractivity (Wildman–Crippen MR) is 90.8 cm³/mol. The normalized spacial score (nSPS) is 10.4. The van der Waals surface area contributed by atoms with E-state index in [1.807, 2.05) is 0 Å². The highest BCUT2D eigenvalue weighted by molar-refractivity contribution is 6.03. The Morgan fingerprint density at radius 3 is 2.65 bits per heavy atom. The number of methoxy groups -OCH3 is 1. The molecule has 2 aromatic rings. The minimum atomic E-state index is -0.688. The minimum absolute atomic E-state index is 0.0250. The first-order chi connectivity index (χ1) is 12.5. The molecule has 0 atom stereocenters. The van der Waals surface area contributed by atoms with Crippen molar-refractivity contribution >= 4 is 23.3 Å². The largest absolute Gasteiger partial charge is 0.467 e. The van der Waals surface area contributed by atoms with E-state index in [9.17, 15) is 19.7 Å². The fourth-order valence-corrected chi connectivity index (χ4v) is 2.31. The summed E-state index contributed by atoms with van der Waals surface area (Å²) in [5.41, 5.74) is -0.174. The SMILES string of the molecule is CCOC(=O)c1ccc([N+](=O)[O-])cc1N(Cc1ccco1)C(=O)COC. The number of non-ortho nitro benzene ring substituents is 1. The van der Waals surface area contributed by atoms with E-state index in [-0.39, 0.29) is 36.7 Å². The summed E-state index contributed by atoms with van der Waals surface area (Å²) in [5, 5.41) is 11.1. The van der Waals surface area contributed by atoms with Crippen LogP contribution in [0, 0.1) is 10.1 Å². The van der Waals surface area contributed by atoms with Crippen molar-refractivity contribution in [3.63, 3.8) is 0 Å². The summed E-state index contributed by atoms with van der Waals surface area (Å²) in [6, 6.07) is 6.90. The number of rotatable bonds is 8. The second-order valence-corrected chi connectivity index (χ2v) is 5.17. The molecule has 0 aliphatic rings. The first-order valence-corrected chi connectivity index (χ1v) is 7.75. The highest BCUT2D eigenvalue weighted by Gasteiger charge is 2.26. The number of nitro groups is 1. The van der Waals surface area contributed by atoms with Crippen molar-refractivity contribution < 1.29 is 28.4 Å². The quantitative estimate of drug-likeness (QED) is 0.403. The number of carbonyl (C=O) groups is 2. The Morgan fingerprint density at radius 2 is 2.08 bits per heavy atom. The molecule has 1 amide bonds. The smallest absolute Gasteiger partial charge is 0.340 e. The van der Waals surface area contributed by atoms with Gasteiger partial charge >= 0.3 is 5.97 Å². The Hall–Kier alpha value is -3.20. The van der Waals surface area contributed by atoms with Gasteiger partial charge in [-0.3, -0.25) is 14.9 Å². The maximum Gasteiger partial charge on any atom is 0.340 e. The predicted octanol–water partition coefficient (Wildman–Crippen LogP) is 2.54. The summed E-state index contributed by atoms with van der Waals surface area (Å²) in [6.07, 6.45) is 1.44. The number of benzene rings is 1. The van der Waals surface area contributed by atoms with Crippen LogP contribution < -0.4 is 4.90 Å². The van der Waals surface area contributed by atoms with Crippen molar-refractivity contribution in [3.8, 4) is 0 Å². The van der Waals surface area contributed by atoms with Crippen LogP contribution in [0.4, 0.5) is 11.4 Å². The molecule has 1 heterocycles. The summed E-state index contributed by atoms with van der Waals surface area (Å²) in [7, 11) is 1.35. The molecule has 0 unspecified atom stereocenters. The van der Waals surface area contributed by atoms with Crippen LogP contribution in [-0.4, -0.2) is 37.1 Å². The van der Waals surface area contributed by atoms with Gasteiger partial charge in [-0.25, -0.2) is 4.79 Å². The number of hydrogen-bond acceptors (Lipinski definition) is 7. The van der Waals surface area contributed by atoms with Crippen LogP contribution in [-0.2, 0) is 20.8 Å². The van der Waals surface area contributed by atoms with Gasteiger partial charge in [-0.2, -0.15) is 0 Å². The summed E-state index contributed by atoms with van der Waals surface area (Å²) < 4.78 is 15.1. The van der Waals surface area contributed by atoms with Crippen molar-refractivity contribution in [2.45, 2.75) is 13.5 Å². The fraction of sp³-hybridized carbons (Fsp3) is 0.294. The standard InChI is InChI=1S/C17H18N2O7/c1-3-25-17(21)14-7-6-12(19(22)23)9-15(14)18(16(20)11-24-2)10-13-5-4-8-26-13/h4-9H,3,10-11H2,1-2H3. The van der Waals surface area contributed by atoms with Crippen molar-refractivity contribution in [2.75, 3.05) is 25.2 Å². The van der Waals surface area contributed by atoms with E-state index in [2.05, 4.69) is 0 Å². The summed E-state index contributed by atoms with van der Waals surface area (Å²) in [5.74, 6) is -0.738. The van der Waals surface area contributed by atoms with Crippen molar-refractivity contribution in [1.82, 2.24) is 0 Å². The summed E-state index contributed by atoms with van der Waals surface area (Å²) in [4.78, 5) is 36.5. The monoisotopic (exact) mass is 362 g/mol. The molecule has 0 aliphatic carbocycles. The number of ether oxygens (including phenoxy) is 2. The van der Waals surface area contributed by atoms with E-state index < -0.39 is 16.8 Å². The third-order valence-corrected chi connectivity index (χ3v) is 3.44. The Bertz CT molecular complexity index is 786. The maximum absolute atomic E-state index is 12.5. The lowest BCUT2D eigenvalue weighted by atomic mass is 10.1. The van der Waals surface area contributed by atoms with Gasteiger partial charge in [0.2, 0.25) is 0 Å². The topological polar surface area (TPSA) is 112 Å². The van der Waals surface area contributed by atoms with Gasteiger partial charge in [0.25, 0.3) is 11.6 Å². The Morgan fingerprint density at radius 1 is 1.31 bits per heavy atom. The van der Waals surface area contributed by atoms with Crippen LogP contribution in [0.1, 0.15) is 23.0 Å². The van der Waals surface area contributed by atoms with Gasteiger partial charge in [0.15, 0.2) is 0 Å². The number of nitro benzene ring substituents is 1. The number of anilines is 1. The first kappa shape index (κ1) is 19.1. The number of esters is 1. The molecule has 0 spiro atoms. The lowest BCUT2D eigenvalue weighted by molar-refractivity contribution is -0.384. The van der Waals surface area contributed by atoms with E-state index in [0.29, 0.717) is 5.76 Å². The molecule has 26 heavy (non-hydrogen) atoms. The molecule has 0 aliphatic heterocycles. The maximum atomic E-state index is 12.5. The van der Waals surface area contributed by atoms with Gasteiger partial charge in [0.1, 0.15) is 12.4 Å². The second kappa shape index (κ2) is 8.77. The average Bonchev–Trinajstić information content (AvgIpc) is 3.12. The molecule has 0 saturated heterocycles. The minimum Gasteiger partial charge on any atom is -0.467 e. The zero-order valence-corrected chi connectivity index (χ0v) is 14.3. The molecule has 0 N–H and O–H groups in total. The van der Waals surface area contributed by atoms with Crippen LogP contribution in [0.25, 0.3) is 0 Å². The molecule has 138 valence electrons. The van der Waals surface area contributed by atoms with Gasteiger partial charge in [0, 0.05) is 19.2 Å². The Kier molecular flexibility index (Phi) is 6.45. The van der Waals surface area contributed by atoms with E-state index in [1.165, 1.54) is 30.4 Å². The average molecular weight is 362 g/mol. The molecule has 0 radical (unpaired) electrons. The number of nitrogens with zero attached hydrogens (tertiary/aromatic N) is 2. The number of hydrogen-bond donors (Lipinski definition) is 0. The summed E-state index contributed by atoms with van der Waals surface area (Å²) in [6.45, 7) is 1.47. The molecular formula is C17H18N2O7. The first-order valence-electron chi connectivity index (χ1n) is 7.75. The van der Waals surface area contributed by atoms with Gasteiger partial charge in [0.05, 0.1) is 35.6 Å². The van der Waals surface area contributed by atoms with Gasteiger partial charge in [-0.15, -0.1) is 0 Å². The zero-order chi connectivity index (χ0) is 19.1. The van der Waals surface area contributed by atoms with Crippen LogP contribution in [0.15, 0.2) is 41.0 Å². The van der Waals surface area contributed by atoms with E-state index in [0.717, 1.165) is 6.07 Å². The highest BCUT2D eigenvalue weighted by atomic mass is 16.6. The molecule has 9 nitrogen and oxygen atoms in total. The third-order valence-electron chi connectivity index (χ3n) is 3.44. The molecular weight excluding hydrogens is 344 g/mol. The molecule has 1 aromatic carbocycles. The van der Waals surface area contributed by atoms with Crippen molar-refractivity contribution in [1.29, 1.82) is 0 Å². The van der Waals surface area contributed by atoms with Crippen molar-refractivity contribution in [3.05, 3.63) is 58.0 Å². The summed E-state index contributed by atoms with van der Waals surface area (Å²) >= 11 is 0. The van der Waals surface area contributed by atoms with E-state index in [4.69, 9.17) is 13.9 Å². The van der Waals surface area contributed by atoms with Gasteiger partial charge in [-0.05, 0) is 25.1 Å². The molecule has 0 saturated carbocycles. The number of furan rings is 1. The van der Waals surface area contributed by atoms with Crippen LogP contribution >= 0.6 is 0 Å². The molecule has 1 aromatic heterocycles. The molecule has 9 heteroatoms. The Balaban J connectivity index is 2.54. The highest BCUT2D eigenvalue weighted by Crippen LogP contribution is 2.29. The molecule has 0 bridgehead atoms. The third kappa shape index (κ3) is 4.45. The number of carbonyl (C=O) groups excluding carboxylic acids is 2. The van der Waals surface area contributed by atoms with Crippen molar-refractivity contribution in [2.24, 2.45) is 0 Å². The van der Waals surface area contributed by atoms with E-state index >= 15 is 0 Å². The van der Waals surface area contributed by atoms with E-state index in [1.54, 1.807) is 19.1 Å². The van der Waals surface area contributed by atoms with Gasteiger partial charge < -0.3 is 18.8 Å². The van der Waals surface area contributed by atoms with Gasteiger partial charge in [-0.1, -0.05) is 0 Å². The lowest BCUT2D eigenvalue weighted by Gasteiger charge is -2.23. The zero-order valence-electron chi connectivity index (χ0n) is 14.3. The molecule has 0 fully saturated rings.